The van der Waals surface area contributed by atoms with E-state index in [1.165, 1.54) is 37.7 Å². The summed E-state index contributed by atoms with van der Waals surface area (Å²) in [6, 6.07) is 14.3. The molecular weight excluding hydrogens is 472 g/mol. The molecule has 0 fully saturated rings. The van der Waals surface area contributed by atoms with Gasteiger partial charge in [0.05, 0.1) is 12.2 Å². The molecule has 0 saturated heterocycles. The Morgan fingerprint density at radius 1 is 0.895 bits per heavy atom. The number of allylic oxidation sites excluding steroid dienone is 1. The molecule has 38 heavy (non-hydrogen) atoms. The molecule has 0 aliphatic carbocycles. The van der Waals surface area contributed by atoms with Crippen LogP contribution in [0.15, 0.2) is 73.6 Å². The van der Waals surface area contributed by atoms with Crippen LogP contribution in [0.5, 0.6) is 11.5 Å². The molecule has 0 saturated carbocycles. The third-order valence-electron chi connectivity index (χ3n) is 6.80. The van der Waals surface area contributed by atoms with Crippen LogP contribution in [-0.4, -0.2) is 22.5 Å². The van der Waals surface area contributed by atoms with Crippen LogP contribution < -0.4 is 9.47 Å². The molecule has 1 aromatic heterocycles. The van der Waals surface area contributed by atoms with Crippen molar-refractivity contribution in [2.45, 2.75) is 78.1 Å². The fourth-order valence-electron chi connectivity index (χ4n) is 4.12. The molecule has 0 aliphatic rings. The van der Waals surface area contributed by atoms with Crippen molar-refractivity contribution in [1.29, 1.82) is 0 Å². The highest BCUT2D eigenvalue weighted by Gasteiger charge is 2.10. The molecule has 0 spiro atoms. The van der Waals surface area contributed by atoms with Crippen LogP contribution in [0.3, 0.4) is 0 Å². The van der Waals surface area contributed by atoms with E-state index in [1.807, 2.05) is 30.6 Å². The number of aryl methyl sites for hydroxylation is 1. The number of esters is 1. The van der Waals surface area contributed by atoms with E-state index in [0.29, 0.717) is 23.7 Å². The lowest BCUT2D eigenvalue weighted by Gasteiger charge is -2.08. The van der Waals surface area contributed by atoms with Crippen LogP contribution in [0.2, 0.25) is 0 Å². The van der Waals surface area contributed by atoms with Gasteiger partial charge in [0.25, 0.3) is 0 Å². The predicted octanol–water partition coefficient (Wildman–Crippen LogP) is 8.64. The summed E-state index contributed by atoms with van der Waals surface area (Å²) < 4.78 is 11.3. The lowest BCUT2D eigenvalue weighted by atomic mass is 10.00. The maximum Gasteiger partial charge on any atom is 0.343 e. The first-order chi connectivity index (χ1) is 18.6. The van der Waals surface area contributed by atoms with Gasteiger partial charge < -0.3 is 9.47 Å². The molecule has 5 heteroatoms. The van der Waals surface area contributed by atoms with Gasteiger partial charge in [-0.2, -0.15) is 0 Å². The van der Waals surface area contributed by atoms with Crippen LogP contribution in [0, 0.1) is 5.92 Å². The monoisotopic (exact) mass is 514 g/mol. The van der Waals surface area contributed by atoms with Crippen molar-refractivity contribution in [3.05, 3.63) is 84.7 Å². The largest absolute Gasteiger partial charge is 0.494 e. The smallest absolute Gasteiger partial charge is 0.343 e. The minimum absolute atomic E-state index is 0.404. The summed E-state index contributed by atoms with van der Waals surface area (Å²) in [5.74, 6) is 2.32. The van der Waals surface area contributed by atoms with E-state index in [0.717, 1.165) is 49.3 Å². The molecular formula is C33H42N2O3. The highest BCUT2D eigenvalue weighted by Crippen LogP contribution is 2.21. The van der Waals surface area contributed by atoms with Crippen molar-refractivity contribution in [3.63, 3.8) is 0 Å². The summed E-state index contributed by atoms with van der Waals surface area (Å²) in [7, 11) is 0. The Kier molecular flexibility index (Phi) is 12.5. The van der Waals surface area contributed by atoms with E-state index < -0.39 is 5.97 Å². The molecule has 1 heterocycles. The van der Waals surface area contributed by atoms with Crippen LogP contribution in [0.4, 0.5) is 0 Å². The lowest BCUT2D eigenvalue weighted by Crippen LogP contribution is -2.08. The van der Waals surface area contributed by atoms with Crippen LogP contribution in [0.1, 0.15) is 87.6 Å². The zero-order chi connectivity index (χ0) is 27.0. The van der Waals surface area contributed by atoms with Gasteiger partial charge in [0, 0.05) is 18.0 Å². The van der Waals surface area contributed by atoms with Gasteiger partial charge in [-0.15, -0.1) is 6.58 Å². The van der Waals surface area contributed by atoms with Crippen molar-refractivity contribution in [3.8, 4) is 22.9 Å². The predicted molar refractivity (Wildman–Crippen MR) is 155 cm³/mol. The van der Waals surface area contributed by atoms with Crippen molar-refractivity contribution < 1.29 is 14.3 Å². The van der Waals surface area contributed by atoms with Gasteiger partial charge >= 0.3 is 5.97 Å². The number of benzene rings is 2. The molecule has 0 N–H and O–H groups in total. The summed E-state index contributed by atoms with van der Waals surface area (Å²) in [6.45, 7) is 8.99. The standard InChI is InChI=1S/C33H42N2O3/c1-4-6-7-8-12-23-37-30-19-17-29(18-20-30)33(36)38-31-21-15-28(16-22-31)32-34-24-27(25-35-32)14-11-9-10-13-26(3)5-2/h4,15-22,24-26H,1,5-14,23H2,2-3H3/t26-/m0/s1. The third kappa shape index (κ3) is 10.1. The summed E-state index contributed by atoms with van der Waals surface area (Å²) in [5, 5.41) is 0. The molecule has 0 bridgehead atoms. The summed E-state index contributed by atoms with van der Waals surface area (Å²) >= 11 is 0. The Bertz CT molecular complexity index is 1090. The van der Waals surface area contributed by atoms with Crippen molar-refractivity contribution in [2.75, 3.05) is 6.61 Å². The lowest BCUT2D eigenvalue weighted by molar-refractivity contribution is 0.0734. The number of aromatic nitrogens is 2. The summed E-state index contributed by atoms with van der Waals surface area (Å²) in [5.41, 5.74) is 2.53. The number of carbonyl (C=O) groups is 1. The normalized spacial score (nSPS) is 11.6. The molecule has 0 radical (unpaired) electrons. The van der Waals surface area contributed by atoms with E-state index in [2.05, 4.69) is 30.4 Å². The first-order valence-electron chi connectivity index (χ1n) is 14.1. The van der Waals surface area contributed by atoms with E-state index in [9.17, 15) is 4.79 Å². The van der Waals surface area contributed by atoms with Crippen LogP contribution >= 0.6 is 0 Å². The zero-order valence-corrected chi connectivity index (χ0v) is 23.0. The number of rotatable bonds is 17. The maximum atomic E-state index is 12.6. The van der Waals surface area contributed by atoms with Gasteiger partial charge in [-0.1, -0.05) is 45.6 Å². The molecule has 5 nitrogen and oxygen atoms in total. The highest BCUT2D eigenvalue weighted by molar-refractivity contribution is 5.91. The van der Waals surface area contributed by atoms with Gasteiger partial charge in [0.1, 0.15) is 11.5 Å². The fourth-order valence-corrected chi connectivity index (χ4v) is 4.12. The van der Waals surface area contributed by atoms with Crippen LogP contribution in [-0.2, 0) is 6.42 Å². The topological polar surface area (TPSA) is 61.3 Å². The fraction of sp³-hybridized carbons (Fsp3) is 0.424. The number of unbranched alkanes of at least 4 members (excludes halogenated alkanes) is 5. The van der Waals surface area contributed by atoms with E-state index in [1.54, 1.807) is 36.4 Å². The Morgan fingerprint density at radius 3 is 2.26 bits per heavy atom. The molecule has 3 rings (SSSR count). The molecule has 1 atom stereocenters. The zero-order valence-electron chi connectivity index (χ0n) is 23.0. The molecule has 0 unspecified atom stereocenters. The third-order valence-corrected chi connectivity index (χ3v) is 6.80. The average molecular weight is 515 g/mol. The summed E-state index contributed by atoms with van der Waals surface area (Å²) in [6.07, 6.45) is 17.4. The van der Waals surface area contributed by atoms with Crippen molar-refractivity contribution >= 4 is 5.97 Å². The van der Waals surface area contributed by atoms with E-state index in [4.69, 9.17) is 9.47 Å². The minimum Gasteiger partial charge on any atom is -0.494 e. The quantitative estimate of drug-likeness (QED) is 0.0781. The van der Waals surface area contributed by atoms with E-state index in [-0.39, 0.29) is 0 Å². The molecule has 2 aromatic carbocycles. The molecule has 0 amide bonds. The number of nitrogens with zero attached hydrogens (tertiary/aromatic N) is 2. The van der Waals surface area contributed by atoms with Gasteiger partial charge in [0.15, 0.2) is 5.82 Å². The second kappa shape index (κ2) is 16.4. The second-order valence-electron chi connectivity index (χ2n) is 9.95. The highest BCUT2D eigenvalue weighted by atomic mass is 16.5. The molecule has 3 aromatic rings. The number of carbonyl (C=O) groups excluding carboxylic acids is 1. The van der Waals surface area contributed by atoms with Gasteiger partial charge in [-0.3, -0.25) is 0 Å². The minimum atomic E-state index is -0.404. The van der Waals surface area contributed by atoms with Gasteiger partial charge in [-0.25, -0.2) is 14.8 Å². The molecule has 202 valence electrons. The Balaban J connectivity index is 1.42. The van der Waals surface area contributed by atoms with Gasteiger partial charge in [-0.05, 0) is 98.5 Å². The van der Waals surface area contributed by atoms with Crippen molar-refractivity contribution in [2.24, 2.45) is 5.92 Å². The first kappa shape index (κ1) is 29.1. The maximum absolute atomic E-state index is 12.6. The summed E-state index contributed by atoms with van der Waals surface area (Å²) in [4.78, 5) is 21.6. The Labute approximate surface area is 228 Å². The number of ether oxygens (including phenoxy) is 2. The van der Waals surface area contributed by atoms with Gasteiger partial charge in [0.2, 0.25) is 0 Å². The number of hydrogen-bond donors (Lipinski definition) is 0. The van der Waals surface area contributed by atoms with Crippen LogP contribution in [0.25, 0.3) is 11.4 Å². The Hall–Kier alpha value is -3.47. The average Bonchev–Trinajstić information content (AvgIpc) is 2.95. The first-order valence-corrected chi connectivity index (χ1v) is 14.1. The Morgan fingerprint density at radius 2 is 1.58 bits per heavy atom. The SMILES string of the molecule is C=CCCCCCOc1ccc(C(=O)Oc2ccc(-c3ncc(CCCCC[C@@H](C)CC)cn3)cc2)cc1. The van der Waals surface area contributed by atoms with Crippen molar-refractivity contribution in [1.82, 2.24) is 9.97 Å². The molecule has 0 aliphatic heterocycles. The second-order valence-corrected chi connectivity index (χ2v) is 9.95. The number of hydrogen-bond acceptors (Lipinski definition) is 5. The van der Waals surface area contributed by atoms with E-state index >= 15 is 0 Å².